The lowest BCUT2D eigenvalue weighted by Gasteiger charge is -2.11. The van der Waals surface area contributed by atoms with Crippen LogP contribution in [0.25, 0.3) is 0 Å². The summed E-state index contributed by atoms with van der Waals surface area (Å²) in [5.74, 6) is -2.59. The standard InChI is InChI=1S/C11H9FO4/c1-15-8-4-2-3-7(12)10(8)6-5-9(13)16-11(6)14/h2-4,6H,5H2,1H3. The van der Waals surface area contributed by atoms with Gasteiger partial charge in [0.25, 0.3) is 0 Å². The summed E-state index contributed by atoms with van der Waals surface area (Å²) >= 11 is 0. The molecule has 0 aromatic heterocycles. The van der Waals surface area contributed by atoms with E-state index in [9.17, 15) is 14.0 Å². The summed E-state index contributed by atoms with van der Waals surface area (Å²) in [6, 6.07) is 4.22. The molecule has 0 aliphatic carbocycles. The van der Waals surface area contributed by atoms with E-state index >= 15 is 0 Å². The molecule has 1 aromatic rings. The summed E-state index contributed by atoms with van der Waals surface area (Å²) in [6.45, 7) is 0. The molecule has 0 bridgehead atoms. The fourth-order valence-electron chi connectivity index (χ4n) is 1.73. The van der Waals surface area contributed by atoms with Gasteiger partial charge in [-0.1, -0.05) is 6.07 Å². The number of halogens is 1. The first kappa shape index (κ1) is 10.6. The first-order valence-corrected chi connectivity index (χ1v) is 4.70. The molecular weight excluding hydrogens is 215 g/mol. The molecule has 1 aliphatic rings. The molecule has 4 nitrogen and oxygen atoms in total. The highest BCUT2D eigenvalue weighted by Crippen LogP contribution is 2.35. The number of hydrogen-bond acceptors (Lipinski definition) is 4. The van der Waals surface area contributed by atoms with Gasteiger partial charge in [-0.2, -0.15) is 0 Å². The minimum absolute atomic E-state index is 0.0841. The lowest BCUT2D eigenvalue weighted by molar-refractivity contribution is -0.152. The van der Waals surface area contributed by atoms with Crippen LogP contribution in [-0.4, -0.2) is 19.0 Å². The Morgan fingerprint density at radius 1 is 1.44 bits per heavy atom. The molecule has 0 saturated carbocycles. The average Bonchev–Trinajstić information content (AvgIpc) is 2.57. The van der Waals surface area contributed by atoms with E-state index in [-0.39, 0.29) is 17.7 Å². The smallest absolute Gasteiger partial charge is 0.321 e. The van der Waals surface area contributed by atoms with E-state index in [1.807, 2.05) is 0 Å². The number of methoxy groups -OCH3 is 1. The van der Waals surface area contributed by atoms with Crippen molar-refractivity contribution in [3.63, 3.8) is 0 Å². The highest BCUT2D eigenvalue weighted by Gasteiger charge is 2.38. The Morgan fingerprint density at radius 3 is 2.75 bits per heavy atom. The quantitative estimate of drug-likeness (QED) is 0.562. The SMILES string of the molecule is COc1cccc(F)c1C1CC(=O)OC1=O. The normalized spacial score (nSPS) is 19.8. The lowest BCUT2D eigenvalue weighted by atomic mass is 9.96. The van der Waals surface area contributed by atoms with Crippen LogP contribution in [0.15, 0.2) is 18.2 Å². The van der Waals surface area contributed by atoms with Gasteiger partial charge in [-0.05, 0) is 12.1 Å². The summed E-state index contributed by atoms with van der Waals surface area (Å²) in [4.78, 5) is 22.3. The molecule has 1 saturated heterocycles. The van der Waals surface area contributed by atoms with Crippen LogP contribution < -0.4 is 4.74 Å². The van der Waals surface area contributed by atoms with E-state index in [4.69, 9.17) is 4.74 Å². The maximum atomic E-state index is 13.6. The maximum absolute atomic E-state index is 13.6. The second kappa shape index (κ2) is 3.92. The number of carbonyl (C=O) groups excluding carboxylic acids is 2. The Morgan fingerprint density at radius 2 is 2.19 bits per heavy atom. The predicted octanol–water partition coefficient (Wildman–Crippen LogP) is 1.39. The molecule has 0 N–H and O–H groups in total. The highest BCUT2D eigenvalue weighted by molar-refractivity contribution is 5.98. The summed E-state index contributed by atoms with van der Waals surface area (Å²) in [5.41, 5.74) is 0.0841. The largest absolute Gasteiger partial charge is 0.496 e. The van der Waals surface area contributed by atoms with Crippen molar-refractivity contribution in [1.29, 1.82) is 0 Å². The second-order valence-corrected chi connectivity index (χ2v) is 3.41. The molecule has 2 rings (SSSR count). The average molecular weight is 224 g/mol. The Kier molecular flexibility index (Phi) is 2.60. The third-order valence-electron chi connectivity index (χ3n) is 2.45. The van der Waals surface area contributed by atoms with Gasteiger partial charge >= 0.3 is 11.9 Å². The van der Waals surface area contributed by atoms with Gasteiger partial charge in [0.1, 0.15) is 11.6 Å². The molecule has 1 atom stereocenters. The lowest BCUT2D eigenvalue weighted by Crippen LogP contribution is -2.09. The van der Waals surface area contributed by atoms with Crippen molar-refractivity contribution >= 4 is 11.9 Å². The van der Waals surface area contributed by atoms with Crippen LogP contribution in [0.4, 0.5) is 4.39 Å². The van der Waals surface area contributed by atoms with E-state index < -0.39 is 23.7 Å². The first-order valence-electron chi connectivity index (χ1n) is 4.70. The fraction of sp³-hybridized carbons (Fsp3) is 0.273. The van der Waals surface area contributed by atoms with Crippen molar-refractivity contribution in [3.8, 4) is 5.75 Å². The number of esters is 2. The van der Waals surface area contributed by atoms with Crippen LogP contribution >= 0.6 is 0 Å². The number of carbonyl (C=O) groups is 2. The molecule has 1 unspecified atom stereocenters. The van der Waals surface area contributed by atoms with Crippen molar-refractivity contribution in [2.45, 2.75) is 12.3 Å². The van der Waals surface area contributed by atoms with Crippen LogP contribution in [0.2, 0.25) is 0 Å². The van der Waals surface area contributed by atoms with Gasteiger partial charge in [0.2, 0.25) is 0 Å². The van der Waals surface area contributed by atoms with Gasteiger partial charge in [0, 0.05) is 5.56 Å². The molecule has 84 valence electrons. The number of ether oxygens (including phenoxy) is 2. The van der Waals surface area contributed by atoms with Gasteiger partial charge in [-0.25, -0.2) is 4.39 Å². The summed E-state index contributed by atoms with van der Waals surface area (Å²) in [5, 5.41) is 0. The summed E-state index contributed by atoms with van der Waals surface area (Å²) in [6.07, 6.45) is -0.143. The molecule has 1 heterocycles. The molecule has 5 heteroatoms. The third kappa shape index (κ3) is 1.64. The molecule has 0 amide bonds. The van der Waals surface area contributed by atoms with E-state index in [1.54, 1.807) is 0 Å². The van der Waals surface area contributed by atoms with Crippen molar-refractivity contribution < 1.29 is 23.5 Å². The van der Waals surface area contributed by atoms with E-state index in [2.05, 4.69) is 4.74 Å². The summed E-state index contributed by atoms with van der Waals surface area (Å²) < 4.78 is 22.9. The van der Waals surface area contributed by atoms with Gasteiger partial charge in [-0.3, -0.25) is 9.59 Å². The monoisotopic (exact) mass is 224 g/mol. The Bertz CT molecular complexity index is 455. The Hall–Kier alpha value is -1.91. The van der Waals surface area contributed by atoms with Crippen LogP contribution in [0.3, 0.4) is 0 Å². The van der Waals surface area contributed by atoms with Gasteiger partial charge in [0.15, 0.2) is 0 Å². The van der Waals surface area contributed by atoms with Crippen molar-refractivity contribution in [3.05, 3.63) is 29.6 Å². The van der Waals surface area contributed by atoms with Gasteiger partial charge in [0.05, 0.1) is 19.4 Å². The number of benzene rings is 1. The molecule has 0 spiro atoms. The van der Waals surface area contributed by atoms with Crippen LogP contribution in [0.1, 0.15) is 17.9 Å². The third-order valence-corrected chi connectivity index (χ3v) is 2.45. The topological polar surface area (TPSA) is 52.6 Å². The number of cyclic esters (lactones) is 2. The van der Waals surface area contributed by atoms with Crippen molar-refractivity contribution in [2.24, 2.45) is 0 Å². The Balaban J connectivity index is 2.47. The van der Waals surface area contributed by atoms with E-state index in [0.29, 0.717) is 0 Å². The molecule has 1 aromatic carbocycles. The predicted molar refractivity (Wildman–Crippen MR) is 51.4 cm³/mol. The zero-order chi connectivity index (χ0) is 11.7. The van der Waals surface area contributed by atoms with E-state index in [0.717, 1.165) is 0 Å². The number of hydrogen-bond donors (Lipinski definition) is 0. The van der Waals surface area contributed by atoms with Gasteiger partial charge < -0.3 is 9.47 Å². The molecule has 16 heavy (non-hydrogen) atoms. The Labute approximate surface area is 91.0 Å². The first-order chi connectivity index (χ1) is 7.63. The molecule has 1 aliphatic heterocycles. The molecular formula is C11H9FO4. The van der Waals surface area contributed by atoms with Crippen molar-refractivity contribution in [2.75, 3.05) is 7.11 Å². The zero-order valence-electron chi connectivity index (χ0n) is 8.53. The minimum Gasteiger partial charge on any atom is -0.496 e. The molecule has 1 fully saturated rings. The maximum Gasteiger partial charge on any atom is 0.321 e. The molecule has 0 radical (unpaired) electrons. The minimum atomic E-state index is -0.899. The van der Waals surface area contributed by atoms with Crippen LogP contribution in [0, 0.1) is 5.82 Å². The zero-order valence-corrected chi connectivity index (χ0v) is 8.53. The second-order valence-electron chi connectivity index (χ2n) is 3.41. The van der Waals surface area contributed by atoms with E-state index in [1.165, 1.54) is 25.3 Å². The number of rotatable bonds is 2. The van der Waals surface area contributed by atoms with Crippen molar-refractivity contribution in [1.82, 2.24) is 0 Å². The highest BCUT2D eigenvalue weighted by atomic mass is 19.1. The van der Waals surface area contributed by atoms with Crippen LogP contribution in [-0.2, 0) is 14.3 Å². The fourth-order valence-corrected chi connectivity index (χ4v) is 1.73. The van der Waals surface area contributed by atoms with Crippen LogP contribution in [0.5, 0.6) is 5.75 Å². The summed E-state index contributed by atoms with van der Waals surface area (Å²) in [7, 11) is 1.38. The van der Waals surface area contributed by atoms with Gasteiger partial charge in [-0.15, -0.1) is 0 Å².